The zero-order chi connectivity index (χ0) is 13.4. The van der Waals surface area contributed by atoms with Crippen molar-refractivity contribution in [2.75, 3.05) is 0 Å². The quantitative estimate of drug-likeness (QED) is 0.892. The molecule has 0 aliphatic rings. The lowest BCUT2D eigenvalue weighted by molar-refractivity contribution is -0.130. The van der Waals surface area contributed by atoms with E-state index < -0.39 is 11.9 Å². The Morgan fingerprint density at radius 3 is 2.67 bits per heavy atom. The molecule has 0 saturated heterocycles. The van der Waals surface area contributed by atoms with Crippen molar-refractivity contribution >= 4 is 16.9 Å². The number of aliphatic hydroxyl groups excluding tert-OH is 1. The van der Waals surface area contributed by atoms with E-state index in [1.54, 1.807) is 39.1 Å². The predicted octanol–water partition coefficient (Wildman–Crippen LogP) is 1.39. The predicted molar refractivity (Wildman–Crippen MR) is 66.3 cm³/mol. The van der Waals surface area contributed by atoms with Crippen molar-refractivity contribution in [1.82, 2.24) is 4.57 Å². The summed E-state index contributed by atoms with van der Waals surface area (Å²) in [6.45, 7) is 3.47. The van der Waals surface area contributed by atoms with E-state index in [2.05, 4.69) is 0 Å². The summed E-state index contributed by atoms with van der Waals surface area (Å²) in [4.78, 5) is 23.1. The van der Waals surface area contributed by atoms with E-state index in [1.807, 2.05) is 0 Å². The van der Waals surface area contributed by atoms with Crippen LogP contribution in [-0.2, 0) is 11.8 Å². The summed E-state index contributed by atoms with van der Waals surface area (Å²) in [7, 11) is 1.58. The Labute approximate surface area is 104 Å². The third-order valence-corrected chi connectivity index (χ3v) is 2.97. The van der Waals surface area contributed by atoms with Gasteiger partial charge in [0, 0.05) is 13.0 Å². The Morgan fingerprint density at radius 1 is 1.39 bits per heavy atom. The summed E-state index contributed by atoms with van der Waals surface area (Å²) >= 11 is 0. The zero-order valence-corrected chi connectivity index (χ0v) is 10.5. The number of aromatic nitrogens is 1. The number of carbonyl (C=O) groups excluding carboxylic acids is 1. The molecule has 1 aromatic carbocycles. The van der Waals surface area contributed by atoms with Crippen molar-refractivity contribution in [3.05, 3.63) is 34.3 Å². The minimum absolute atomic E-state index is 0.246. The van der Waals surface area contributed by atoms with E-state index in [0.717, 1.165) is 0 Å². The highest BCUT2D eigenvalue weighted by Gasteiger charge is 2.21. The average molecular weight is 249 g/mol. The number of ketones is 1. The maximum Gasteiger partial charge on any atom is 0.419 e. The average Bonchev–Trinajstić information content (AvgIpc) is 2.63. The van der Waals surface area contributed by atoms with E-state index in [0.29, 0.717) is 16.7 Å². The van der Waals surface area contributed by atoms with Crippen LogP contribution >= 0.6 is 0 Å². The number of aryl methyl sites for hydroxylation is 1. The highest BCUT2D eigenvalue weighted by Crippen LogP contribution is 2.22. The van der Waals surface area contributed by atoms with Crippen LogP contribution in [0.25, 0.3) is 11.1 Å². The Hall–Kier alpha value is -1.88. The second kappa shape index (κ2) is 4.42. The van der Waals surface area contributed by atoms with E-state index in [1.165, 1.54) is 4.57 Å². The minimum Gasteiger partial charge on any atom is -0.408 e. The molecule has 0 amide bonds. The molecular weight excluding hydrogens is 234 g/mol. The fourth-order valence-electron chi connectivity index (χ4n) is 1.79. The molecule has 1 N–H and O–H groups in total. The molecule has 18 heavy (non-hydrogen) atoms. The van der Waals surface area contributed by atoms with Crippen LogP contribution in [0.2, 0.25) is 0 Å². The second-order valence-electron chi connectivity index (χ2n) is 4.61. The zero-order valence-electron chi connectivity index (χ0n) is 10.5. The number of hydrogen-bond acceptors (Lipinski definition) is 4. The number of carbonyl (C=O) groups is 1. The van der Waals surface area contributed by atoms with Crippen molar-refractivity contribution in [2.24, 2.45) is 13.0 Å². The molecule has 2 aromatic rings. The maximum atomic E-state index is 11.7. The van der Waals surface area contributed by atoms with Gasteiger partial charge in [0.15, 0.2) is 11.4 Å². The highest BCUT2D eigenvalue weighted by atomic mass is 16.4. The third-order valence-electron chi connectivity index (χ3n) is 2.97. The van der Waals surface area contributed by atoms with Crippen LogP contribution in [0, 0.1) is 5.92 Å². The highest BCUT2D eigenvalue weighted by molar-refractivity contribution is 5.87. The van der Waals surface area contributed by atoms with Crippen LogP contribution in [0.1, 0.15) is 25.5 Å². The van der Waals surface area contributed by atoms with Gasteiger partial charge in [0.2, 0.25) is 0 Å². The number of fused-ring (bicyclic) bond motifs is 1. The molecule has 5 heteroatoms. The van der Waals surface area contributed by atoms with Crippen LogP contribution < -0.4 is 5.76 Å². The Kier molecular flexibility index (Phi) is 3.09. The van der Waals surface area contributed by atoms with Crippen LogP contribution in [0.3, 0.4) is 0 Å². The van der Waals surface area contributed by atoms with Gasteiger partial charge in [-0.2, -0.15) is 0 Å². The van der Waals surface area contributed by atoms with E-state index in [4.69, 9.17) is 4.42 Å². The Balaban J connectivity index is 2.50. The van der Waals surface area contributed by atoms with Gasteiger partial charge in [0.1, 0.15) is 6.10 Å². The fourth-order valence-corrected chi connectivity index (χ4v) is 1.79. The molecule has 1 heterocycles. The maximum absolute atomic E-state index is 11.7. The molecule has 1 aromatic heterocycles. The van der Waals surface area contributed by atoms with Crippen molar-refractivity contribution in [1.29, 1.82) is 0 Å². The number of nitrogens with zero attached hydrogens (tertiary/aromatic N) is 1. The normalized spacial score (nSPS) is 13.2. The molecule has 1 unspecified atom stereocenters. The smallest absolute Gasteiger partial charge is 0.408 e. The molecule has 1 atom stereocenters. The largest absolute Gasteiger partial charge is 0.419 e. The summed E-state index contributed by atoms with van der Waals surface area (Å²) < 4.78 is 6.32. The first-order chi connectivity index (χ1) is 8.41. The van der Waals surface area contributed by atoms with Crippen molar-refractivity contribution in [3.63, 3.8) is 0 Å². The Bertz CT molecular complexity index is 651. The first-order valence-corrected chi connectivity index (χ1v) is 5.73. The van der Waals surface area contributed by atoms with Gasteiger partial charge >= 0.3 is 5.76 Å². The SMILES string of the molecule is CC(C)C(=O)C(O)c1ccc2oc(=O)n(C)c2c1. The second-order valence-corrected chi connectivity index (χ2v) is 4.61. The number of Topliss-reactive ketones (excluding diaryl/α,β-unsaturated/α-hetero) is 1. The molecule has 2 rings (SSSR count). The van der Waals surface area contributed by atoms with Gasteiger partial charge in [0.05, 0.1) is 5.52 Å². The number of rotatable bonds is 3. The lowest BCUT2D eigenvalue weighted by Gasteiger charge is -2.12. The lowest BCUT2D eigenvalue weighted by atomic mass is 9.98. The number of benzene rings is 1. The summed E-state index contributed by atoms with van der Waals surface area (Å²) in [6.07, 6.45) is -1.17. The molecule has 0 aliphatic heterocycles. The Morgan fingerprint density at radius 2 is 2.06 bits per heavy atom. The lowest BCUT2D eigenvalue weighted by Crippen LogP contribution is -2.17. The molecule has 0 fully saturated rings. The summed E-state index contributed by atoms with van der Waals surface area (Å²) in [5, 5.41) is 9.95. The van der Waals surface area contributed by atoms with Gasteiger partial charge in [-0.1, -0.05) is 19.9 Å². The minimum atomic E-state index is -1.17. The first-order valence-electron chi connectivity index (χ1n) is 5.73. The van der Waals surface area contributed by atoms with Gasteiger partial charge in [-0.15, -0.1) is 0 Å². The standard InChI is InChI=1S/C13H15NO4/c1-7(2)11(15)12(16)8-4-5-10-9(6-8)14(3)13(17)18-10/h4-7,12,16H,1-3H3. The number of hydrogen-bond donors (Lipinski definition) is 1. The first kappa shape index (κ1) is 12.6. The molecule has 96 valence electrons. The molecule has 0 saturated carbocycles. The molecule has 5 nitrogen and oxygen atoms in total. The van der Waals surface area contributed by atoms with E-state index in [9.17, 15) is 14.7 Å². The molecule has 0 bridgehead atoms. The summed E-state index contributed by atoms with van der Waals surface area (Å²) in [6, 6.07) is 4.78. The summed E-state index contributed by atoms with van der Waals surface area (Å²) in [5.41, 5.74) is 1.47. The molecule has 0 aliphatic carbocycles. The van der Waals surface area contributed by atoms with Crippen LogP contribution in [0.15, 0.2) is 27.4 Å². The number of aliphatic hydroxyl groups is 1. The van der Waals surface area contributed by atoms with Crippen molar-refractivity contribution < 1.29 is 14.3 Å². The molecule has 0 radical (unpaired) electrons. The topological polar surface area (TPSA) is 72.4 Å². The van der Waals surface area contributed by atoms with Gasteiger partial charge < -0.3 is 9.52 Å². The number of oxazole rings is 1. The van der Waals surface area contributed by atoms with Gasteiger partial charge in [0.25, 0.3) is 0 Å². The van der Waals surface area contributed by atoms with E-state index in [-0.39, 0.29) is 11.7 Å². The van der Waals surface area contributed by atoms with Crippen LogP contribution in [0.4, 0.5) is 0 Å². The monoisotopic (exact) mass is 249 g/mol. The molecule has 0 spiro atoms. The van der Waals surface area contributed by atoms with Crippen molar-refractivity contribution in [2.45, 2.75) is 20.0 Å². The summed E-state index contributed by atoms with van der Waals surface area (Å²) in [5.74, 6) is -0.960. The van der Waals surface area contributed by atoms with E-state index >= 15 is 0 Å². The van der Waals surface area contributed by atoms with Gasteiger partial charge in [-0.25, -0.2) is 4.79 Å². The third kappa shape index (κ3) is 1.97. The molecular formula is C13H15NO4. The van der Waals surface area contributed by atoms with Gasteiger partial charge in [-0.05, 0) is 17.7 Å². The van der Waals surface area contributed by atoms with Crippen LogP contribution in [-0.4, -0.2) is 15.5 Å². The van der Waals surface area contributed by atoms with Gasteiger partial charge in [-0.3, -0.25) is 9.36 Å². The fraction of sp³-hybridized carbons (Fsp3) is 0.385. The van der Waals surface area contributed by atoms with Crippen LogP contribution in [0.5, 0.6) is 0 Å². The van der Waals surface area contributed by atoms with Crippen molar-refractivity contribution in [3.8, 4) is 0 Å².